The largest absolute Gasteiger partial charge is 0.337 e. The second kappa shape index (κ2) is 6.63. The Morgan fingerprint density at radius 3 is 2.67 bits per heavy atom. The van der Waals surface area contributed by atoms with E-state index in [0.717, 1.165) is 18.4 Å². The predicted octanol–water partition coefficient (Wildman–Crippen LogP) is 3.82. The zero-order valence-electron chi connectivity index (χ0n) is 14.6. The highest BCUT2D eigenvalue weighted by Crippen LogP contribution is 2.48. The lowest BCUT2D eigenvalue weighted by Gasteiger charge is -2.27. The van der Waals surface area contributed by atoms with Gasteiger partial charge in [0.15, 0.2) is 0 Å². The van der Waals surface area contributed by atoms with Crippen LogP contribution in [0, 0.1) is 6.92 Å². The lowest BCUT2D eigenvalue weighted by Crippen LogP contribution is -2.42. The fourth-order valence-electron chi connectivity index (χ4n) is 3.25. The molecule has 1 heterocycles. The van der Waals surface area contributed by atoms with Gasteiger partial charge >= 0.3 is 6.03 Å². The summed E-state index contributed by atoms with van der Waals surface area (Å²) in [5.41, 5.74) is 3.84. The van der Waals surface area contributed by atoms with Crippen LogP contribution >= 0.6 is 0 Å². The van der Waals surface area contributed by atoms with Crippen molar-refractivity contribution in [2.45, 2.75) is 38.1 Å². The Hall–Kier alpha value is -2.36. The topological polar surface area (TPSA) is 45.2 Å². The van der Waals surface area contributed by atoms with E-state index in [4.69, 9.17) is 0 Å². The van der Waals surface area contributed by atoms with Crippen LogP contribution in [-0.2, 0) is 5.41 Å². The number of nitrogens with one attached hydrogen (secondary N) is 1. The normalized spacial score (nSPS) is 16.3. The molecule has 24 heavy (non-hydrogen) atoms. The Balaban J connectivity index is 1.62. The minimum Gasteiger partial charge on any atom is -0.337 e. The van der Waals surface area contributed by atoms with E-state index in [2.05, 4.69) is 41.5 Å². The molecule has 1 N–H and O–H groups in total. The van der Waals surface area contributed by atoms with Crippen molar-refractivity contribution >= 4 is 6.03 Å². The molecule has 0 saturated heterocycles. The molecule has 1 saturated carbocycles. The molecule has 2 aromatic rings. The average Bonchev–Trinajstić information content (AvgIpc) is 3.40. The van der Waals surface area contributed by atoms with Crippen molar-refractivity contribution in [3.05, 3.63) is 65.5 Å². The van der Waals surface area contributed by atoms with Crippen molar-refractivity contribution in [2.75, 3.05) is 13.6 Å². The molecule has 0 spiro atoms. The van der Waals surface area contributed by atoms with Gasteiger partial charge in [-0.05, 0) is 49.4 Å². The summed E-state index contributed by atoms with van der Waals surface area (Å²) in [6.07, 6.45) is 5.83. The van der Waals surface area contributed by atoms with Crippen molar-refractivity contribution in [3.63, 3.8) is 0 Å². The standard InChI is InChI=1S/C20H25N3O/c1-15-7-4-5-9-18(15)20(10-11-20)14-22-19(24)23(3)16(2)17-8-6-12-21-13-17/h4-9,12-13,16H,10-11,14H2,1-3H3,(H,22,24)/t16-/m1/s1. The lowest BCUT2D eigenvalue weighted by molar-refractivity contribution is 0.193. The van der Waals surface area contributed by atoms with Crippen molar-refractivity contribution in [3.8, 4) is 0 Å². The van der Waals surface area contributed by atoms with Crippen LogP contribution in [0.1, 0.15) is 42.5 Å². The van der Waals surface area contributed by atoms with Crippen LogP contribution in [0.3, 0.4) is 0 Å². The average molecular weight is 323 g/mol. The number of aryl methyl sites for hydroxylation is 1. The Morgan fingerprint density at radius 2 is 2.04 bits per heavy atom. The Morgan fingerprint density at radius 1 is 1.29 bits per heavy atom. The lowest BCUT2D eigenvalue weighted by atomic mass is 9.92. The van der Waals surface area contributed by atoms with Gasteiger partial charge in [0.05, 0.1) is 6.04 Å². The zero-order chi connectivity index (χ0) is 17.2. The minimum absolute atomic E-state index is 0.00712. The van der Waals surface area contributed by atoms with Gasteiger partial charge in [-0.25, -0.2) is 4.79 Å². The van der Waals surface area contributed by atoms with Gasteiger partial charge in [-0.2, -0.15) is 0 Å². The molecule has 1 aliphatic rings. The summed E-state index contributed by atoms with van der Waals surface area (Å²) in [5, 5.41) is 3.13. The molecule has 1 aliphatic carbocycles. The van der Waals surface area contributed by atoms with Crippen LogP contribution in [-0.4, -0.2) is 29.5 Å². The number of amides is 2. The third-order valence-corrected chi connectivity index (χ3v) is 5.22. The molecule has 3 rings (SSSR count). The van der Waals surface area contributed by atoms with Crippen molar-refractivity contribution in [1.29, 1.82) is 0 Å². The predicted molar refractivity (Wildman–Crippen MR) is 95.9 cm³/mol. The summed E-state index contributed by atoms with van der Waals surface area (Å²) < 4.78 is 0. The molecule has 4 heteroatoms. The highest BCUT2D eigenvalue weighted by atomic mass is 16.2. The summed E-state index contributed by atoms with van der Waals surface area (Å²) in [4.78, 5) is 18.4. The Bertz CT molecular complexity index is 710. The number of urea groups is 1. The third kappa shape index (κ3) is 3.28. The molecule has 1 atom stereocenters. The highest BCUT2D eigenvalue weighted by Gasteiger charge is 2.45. The maximum Gasteiger partial charge on any atom is 0.317 e. The molecule has 0 aliphatic heterocycles. The van der Waals surface area contributed by atoms with E-state index in [0.29, 0.717) is 6.54 Å². The van der Waals surface area contributed by atoms with Gasteiger partial charge in [-0.1, -0.05) is 30.3 Å². The first kappa shape index (κ1) is 16.5. The molecule has 0 bridgehead atoms. The number of hydrogen-bond acceptors (Lipinski definition) is 2. The van der Waals surface area contributed by atoms with E-state index in [1.165, 1.54) is 11.1 Å². The number of benzene rings is 1. The summed E-state index contributed by atoms with van der Waals surface area (Å²) in [6, 6.07) is 12.3. The van der Waals surface area contributed by atoms with Gasteiger partial charge in [0, 0.05) is 31.4 Å². The van der Waals surface area contributed by atoms with Gasteiger partial charge in [0.25, 0.3) is 0 Å². The van der Waals surface area contributed by atoms with Crippen LogP contribution in [0.15, 0.2) is 48.8 Å². The van der Waals surface area contributed by atoms with Crippen molar-refractivity contribution in [1.82, 2.24) is 15.2 Å². The molecule has 1 aromatic carbocycles. The molecule has 126 valence electrons. The number of aromatic nitrogens is 1. The first-order chi connectivity index (χ1) is 11.5. The summed E-state index contributed by atoms with van der Waals surface area (Å²) >= 11 is 0. The molecule has 1 fully saturated rings. The van der Waals surface area contributed by atoms with Gasteiger partial charge in [0.1, 0.15) is 0 Å². The van der Waals surface area contributed by atoms with E-state index in [1.54, 1.807) is 11.1 Å². The van der Waals surface area contributed by atoms with Gasteiger partial charge in [-0.15, -0.1) is 0 Å². The van der Waals surface area contributed by atoms with Crippen LogP contribution in [0.5, 0.6) is 0 Å². The summed E-state index contributed by atoms with van der Waals surface area (Å²) in [5.74, 6) is 0. The number of rotatable bonds is 5. The number of hydrogen-bond donors (Lipinski definition) is 1. The maximum absolute atomic E-state index is 12.5. The number of carbonyl (C=O) groups excluding carboxylic acids is 1. The van der Waals surface area contributed by atoms with E-state index in [1.807, 2.05) is 32.3 Å². The van der Waals surface area contributed by atoms with Crippen molar-refractivity contribution < 1.29 is 4.79 Å². The van der Waals surface area contributed by atoms with E-state index in [9.17, 15) is 4.79 Å². The minimum atomic E-state index is -0.0359. The number of pyridine rings is 1. The quantitative estimate of drug-likeness (QED) is 0.909. The first-order valence-electron chi connectivity index (χ1n) is 8.50. The second-order valence-electron chi connectivity index (χ2n) is 6.83. The van der Waals surface area contributed by atoms with E-state index < -0.39 is 0 Å². The fourth-order valence-corrected chi connectivity index (χ4v) is 3.25. The van der Waals surface area contributed by atoms with Gasteiger partial charge in [0.2, 0.25) is 0 Å². The molecule has 4 nitrogen and oxygen atoms in total. The third-order valence-electron chi connectivity index (χ3n) is 5.22. The molecular weight excluding hydrogens is 298 g/mol. The van der Waals surface area contributed by atoms with Crippen LogP contribution in [0.4, 0.5) is 4.79 Å². The molecule has 1 aromatic heterocycles. The van der Waals surface area contributed by atoms with Crippen LogP contribution in [0.2, 0.25) is 0 Å². The van der Waals surface area contributed by atoms with E-state index in [-0.39, 0.29) is 17.5 Å². The first-order valence-corrected chi connectivity index (χ1v) is 8.50. The molecule has 0 unspecified atom stereocenters. The Kier molecular flexibility index (Phi) is 4.56. The molecule has 2 amide bonds. The number of carbonyl (C=O) groups is 1. The van der Waals surface area contributed by atoms with Crippen LogP contribution in [0.25, 0.3) is 0 Å². The second-order valence-corrected chi connectivity index (χ2v) is 6.83. The monoisotopic (exact) mass is 323 g/mol. The highest BCUT2D eigenvalue weighted by molar-refractivity contribution is 5.74. The molecule has 0 radical (unpaired) electrons. The fraction of sp³-hybridized carbons (Fsp3) is 0.400. The summed E-state index contributed by atoms with van der Waals surface area (Å²) in [7, 11) is 1.83. The number of nitrogens with zero attached hydrogens (tertiary/aromatic N) is 2. The van der Waals surface area contributed by atoms with Gasteiger partial charge < -0.3 is 10.2 Å². The Labute approximate surface area is 143 Å². The van der Waals surface area contributed by atoms with Gasteiger partial charge in [-0.3, -0.25) is 4.98 Å². The van der Waals surface area contributed by atoms with Crippen LogP contribution < -0.4 is 5.32 Å². The zero-order valence-corrected chi connectivity index (χ0v) is 14.6. The van der Waals surface area contributed by atoms with E-state index >= 15 is 0 Å². The van der Waals surface area contributed by atoms with Crippen molar-refractivity contribution in [2.24, 2.45) is 0 Å². The smallest absolute Gasteiger partial charge is 0.317 e. The molecular formula is C20H25N3O. The summed E-state index contributed by atoms with van der Waals surface area (Å²) in [6.45, 7) is 4.86. The maximum atomic E-state index is 12.5. The SMILES string of the molecule is Cc1ccccc1C1(CNC(=O)N(C)[C@H](C)c2cccnc2)CC1.